The fraction of sp³-hybridized carbons (Fsp3) is 0.150. The fourth-order valence-electron chi connectivity index (χ4n) is 15.0. The van der Waals surface area contributed by atoms with Gasteiger partial charge in [0.25, 0.3) is 0 Å². The van der Waals surface area contributed by atoms with Gasteiger partial charge in [-0.15, -0.1) is 0 Å². The van der Waals surface area contributed by atoms with Gasteiger partial charge in [0.05, 0.1) is 22.7 Å². The zero-order valence-corrected chi connectivity index (χ0v) is 47.4. The third kappa shape index (κ3) is 8.26. The van der Waals surface area contributed by atoms with Crippen molar-refractivity contribution in [2.45, 2.75) is 76.0 Å². The smallest absolute Gasteiger partial charge is 0.159 e. The second-order valence-electron chi connectivity index (χ2n) is 23.9. The molecule has 5 nitrogen and oxygen atoms in total. The Labute approximate surface area is 493 Å². The second kappa shape index (κ2) is 20.5. The van der Waals surface area contributed by atoms with Crippen molar-refractivity contribution in [2.24, 2.45) is 0 Å². The Morgan fingerprint density at radius 2 is 0.659 bits per heavy atom. The molecule has 0 N–H and O–H groups in total. The van der Waals surface area contributed by atoms with E-state index in [9.17, 15) is 0 Å². The molecule has 12 aromatic carbocycles. The standard InChI is InChI=1S/C80H62N2O3/c1-6-22-51(23-7-1)53-42-45-58(46-43-53)82(70-41-21-39-67-65-37-19-35-60(78(65)85-80(67)70)55-28-12-4-13-29-55)71-49-73-75(62-33-17-16-32-61(62)71)76-63-47-44-56(52-24-8-2-9-25-52)48-68(63)72(50-74(76)83-73)81(57-30-14-5-15-31-57)69-40-20-38-66-64-36-18-34-59(77(64)84-79(66)69)54-26-10-3-11-27-54/h1-2,5-9,14-25,30-50,54-55H,3-4,10-13,26-29H2. The lowest BCUT2D eigenvalue weighted by atomic mass is 9.83. The molecule has 0 amide bonds. The Morgan fingerprint density at radius 3 is 1.20 bits per heavy atom. The minimum Gasteiger partial charge on any atom is -0.456 e. The van der Waals surface area contributed by atoms with Gasteiger partial charge in [-0.2, -0.15) is 0 Å². The molecule has 0 unspecified atom stereocenters. The lowest BCUT2D eigenvalue weighted by molar-refractivity contribution is 0.442. The molecule has 2 saturated carbocycles. The highest BCUT2D eigenvalue weighted by molar-refractivity contribution is 6.31. The molecule has 0 saturated heterocycles. The van der Waals surface area contributed by atoms with E-state index in [-0.39, 0.29) is 0 Å². The molecular weight excluding hydrogens is 1040 g/mol. The van der Waals surface area contributed by atoms with Crippen LogP contribution in [0.1, 0.15) is 87.2 Å². The van der Waals surface area contributed by atoms with Gasteiger partial charge in [0.1, 0.15) is 22.3 Å². The van der Waals surface area contributed by atoms with Gasteiger partial charge < -0.3 is 23.1 Å². The van der Waals surface area contributed by atoms with Crippen LogP contribution in [0.15, 0.2) is 256 Å². The van der Waals surface area contributed by atoms with Crippen LogP contribution in [-0.2, 0) is 0 Å². The summed E-state index contributed by atoms with van der Waals surface area (Å²) in [6.07, 6.45) is 12.4. The molecule has 2 fully saturated rings. The zero-order valence-electron chi connectivity index (χ0n) is 47.4. The van der Waals surface area contributed by atoms with Crippen LogP contribution in [0.5, 0.6) is 0 Å². The molecule has 17 rings (SSSR count). The number of anilines is 6. The van der Waals surface area contributed by atoms with E-state index in [0.29, 0.717) is 11.8 Å². The summed E-state index contributed by atoms with van der Waals surface area (Å²) in [4.78, 5) is 4.82. The molecule has 0 atom stereocenters. The molecule has 85 heavy (non-hydrogen) atoms. The normalized spacial score (nSPS) is 14.5. The second-order valence-corrected chi connectivity index (χ2v) is 23.9. The number of fused-ring (bicyclic) bond motifs is 13. The molecular formula is C80H62N2O3. The Balaban J connectivity index is 0.924. The molecule has 3 aromatic heterocycles. The lowest BCUT2D eigenvalue weighted by Crippen LogP contribution is -2.11. The summed E-state index contributed by atoms with van der Waals surface area (Å²) in [6.45, 7) is 0. The summed E-state index contributed by atoms with van der Waals surface area (Å²) in [5, 5.41) is 11.2. The molecule has 15 aromatic rings. The first-order valence-corrected chi connectivity index (χ1v) is 30.8. The first-order chi connectivity index (χ1) is 42.2. The molecule has 2 aliphatic rings. The highest BCUT2D eigenvalue weighted by Gasteiger charge is 2.30. The first kappa shape index (κ1) is 49.7. The van der Waals surface area contributed by atoms with Gasteiger partial charge in [-0.1, -0.05) is 227 Å². The maximum absolute atomic E-state index is 7.52. The third-order valence-electron chi connectivity index (χ3n) is 19.0. The summed E-state index contributed by atoms with van der Waals surface area (Å²) in [6, 6.07) is 88.6. The van der Waals surface area contributed by atoms with Crippen LogP contribution in [0.3, 0.4) is 0 Å². The fourth-order valence-corrected chi connectivity index (χ4v) is 15.0. The van der Waals surface area contributed by atoms with Gasteiger partial charge in [-0.05, 0) is 124 Å². The van der Waals surface area contributed by atoms with E-state index in [4.69, 9.17) is 13.3 Å². The van der Waals surface area contributed by atoms with E-state index in [2.05, 4.69) is 252 Å². The number of hydrogen-bond acceptors (Lipinski definition) is 5. The van der Waals surface area contributed by atoms with E-state index < -0.39 is 0 Å². The third-order valence-corrected chi connectivity index (χ3v) is 19.0. The van der Waals surface area contributed by atoms with Crippen molar-refractivity contribution in [1.29, 1.82) is 0 Å². The number of nitrogens with zero attached hydrogens (tertiary/aromatic N) is 2. The number of furan rings is 3. The number of para-hydroxylation sites is 5. The van der Waals surface area contributed by atoms with Gasteiger partial charge in [0, 0.05) is 66.6 Å². The van der Waals surface area contributed by atoms with E-state index in [1.807, 2.05) is 0 Å². The molecule has 5 heteroatoms. The quantitative estimate of drug-likeness (QED) is 0.137. The summed E-state index contributed by atoms with van der Waals surface area (Å²) >= 11 is 0. The SMILES string of the molecule is c1ccc(-c2ccc(N(c3cc4oc5cc(N(c6ccccc6)c6cccc7c6oc6c(C8CCCCC8)cccc67)c6cc(-c7ccccc7)ccc6c5c4c4ccccc34)c3cccc4c3oc3c(C5CCCCC5)cccc34)cc2)cc1. The number of benzene rings is 12. The van der Waals surface area contributed by atoms with Gasteiger partial charge in [0.15, 0.2) is 11.2 Å². The maximum atomic E-state index is 7.52. The van der Waals surface area contributed by atoms with Crippen molar-refractivity contribution in [3.05, 3.63) is 254 Å². The molecule has 0 aliphatic heterocycles. The Bertz CT molecular complexity index is 5020. The van der Waals surface area contributed by atoms with Crippen molar-refractivity contribution < 1.29 is 13.3 Å². The average Bonchev–Trinajstić information content (AvgIpc) is 1.80. The van der Waals surface area contributed by atoms with Crippen molar-refractivity contribution >= 4 is 121 Å². The molecule has 2 aliphatic carbocycles. The van der Waals surface area contributed by atoms with Crippen LogP contribution in [0.2, 0.25) is 0 Å². The van der Waals surface area contributed by atoms with E-state index >= 15 is 0 Å². The summed E-state index contributed by atoms with van der Waals surface area (Å²) in [7, 11) is 0. The molecule has 0 radical (unpaired) electrons. The van der Waals surface area contributed by atoms with Crippen LogP contribution in [0, 0.1) is 0 Å². The molecule has 0 bridgehead atoms. The minimum absolute atomic E-state index is 0.488. The number of hydrogen-bond donors (Lipinski definition) is 0. The van der Waals surface area contributed by atoms with Crippen molar-refractivity contribution in [1.82, 2.24) is 0 Å². The van der Waals surface area contributed by atoms with Gasteiger partial charge >= 0.3 is 0 Å². The van der Waals surface area contributed by atoms with E-state index in [0.717, 1.165) is 127 Å². The van der Waals surface area contributed by atoms with Crippen LogP contribution in [-0.4, -0.2) is 0 Å². The first-order valence-electron chi connectivity index (χ1n) is 30.8. The monoisotopic (exact) mass is 1100 g/mol. The summed E-state index contributed by atoms with van der Waals surface area (Å²) < 4.78 is 22.2. The van der Waals surface area contributed by atoms with Crippen LogP contribution in [0.25, 0.3) is 110 Å². The highest BCUT2D eigenvalue weighted by Crippen LogP contribution is 2.53. The molecule has 410 valence electrons. The Hall–Kier alpha value is -9.84. The van der Waals surface area contributed by atoms with Gasteiger partial charge in [-0.3, -0.25) is 0 Å². The minimum atomic E-state index is 0.488. The van der Waals surface area contributed by atoms with E-state index in [1.165, 1.54) is 91.7 Å². The number of rotatable bonds is 10. The maximum Gasteiger partial charge on any atom is 0.159 e. The van der Waals surface area contributed by atoms with Crippen molar-refractivity contribution in [2.75, 3.05) is 9.80 Å². The van der Waals surface area contributed by atoms with Crippen molar-refractivity contribution in [3.63, 3.8) is 0 Å². The van der Waals surface area contributed by atoms with Crippen LogP contribution < -0.4 is 9.80 Å². The Kier molecular flexibility index (Phi) is 12.0. The van der Waals surface area contributed by atoms with Crippen LogP contribution >= 0.6 is 0 Å². The summed E-state index contributed by atoms with van der Waals surface area (Å²) in [5.74, 6) is 0.978. The zero-order chi connectivity index (χ0) is 56.0. The lowest BCUT2D eigenvalue weighted by Gasteiger charge is -2.27. The molecule has 0 spiro atoms. The van der Waals surface area contributed by atoms with E-state index in [1.54, 1.807) is 0 Å². The predicted octanol–water partition coefficient (Wildman–Crippen LogP) is 24.1. The summed E-state index contributed by atoms with van der Waals surface area (Å²) in [5.41, 5.74) is 18.7. The Morgan fingerprint density at radius 1 is 0.259 bits per heavy atom. The van der Waals surface area contributed by atoms with Crippen molar-refractivity contribution in [3.8, 4) is 22.3 Å². The average molecular weight is 1100 g/mol. The topological polar surface area (TPSA) is 45.9 Å². The largest absolute Gasteiger partial charge is 0.456 e. The highest BCUT2D eigenvalue weighted by atomic mass is 16.3. The molecule has 3 heterocycles. The van der Waals surface area contributed by atoms with Gasteiger partial charge in [-0.25, -0.2) is 0 Å². The van der Waals surface area contributed by atoms with Crippen LogP contribution in [0.4, 0.5) is 34.1 Å². The van der Waals surface area contributed by atoms with Gasteiger partial charge in [0.2, 0.25) is 0 Å². The predicted molar refractivity (Wildman–Crippen MR) is 355 cm³/mol.